The van der Waals surface area contributed by atoms with Crippen LogP contribution in [0.1, 0.15) is 25.3 Å². The number of aryl methyl sites for hydroxylation is 1. The molecule has 2 rings (SSSR count). The summed E-state index contributed by atoms with van der Waals surface area (Å²) in [6.07, 6.45) is 3.33. The van der Waals surface area contributed by atoms with Crippen LogP contribution in [0.2, 0.25) is 0 Å². The van der Waals surface area contributed by atoms with Crippen LogP contribution in [0.15, 0.2) is 33.7 Å². The fraction of sp³-hybridized carbons (Fsp3) is 0.611. The number of nitrogens with one attached hydrogen (secondary N) is 1. The highest BCUT2D eigenvalue weighted by Gasteiger charge is 2.24. The first-order chi connectivity index (χ1) is 11.2. The average molecular weight is 510 g/mol. The smallest absolute Gasteiger partial charge is 0.193 e. The molecule has 6 heteroatoms. The molecule has 1 heterocycles. The molecule has 1 aromatic rings. The van der Waals surface area contributed by atoms with E-state index in [-0.39, 0.29) is 24.0 Å². The van der Waals surface area contributed by atoms with Gasteiger partial charge in [0.1, 0.15) is 0 Å². The predicted octanol–water partition coefficient (Wildman–Crippen LogP) is 3.93. The maximum absolute atomic E-state index is 5.28. The number of guanidine groups is 1. The van der Waals surface area contributed by atoms with Crippen LogP contribution in [0.25, 0.3) is 0 Å². The Bertz CT molecular complexity index is 513. The molecule has 0 bridgehead atoms. The van der Waals surface area contributed by atoms with E-state index in [2.05, 4.69) is 57.3 Å². The molecule has 1 N–H and O–H groups in total. The molecule has 0 saturated carbocycles. The highest BCUT2D eigenvalue weighted by Crippen LogP contribution is 2.16. The fourth-order valence-electron chi connectivity index (χ4n) is 2.98. The highest BCUT2D eigenvalue weighted by atomic mass is 127. The molecule has 1 aliphatic heterocycles. The van der Waals surface area contributed by atoms with Crippen LogP contribution in [0.5, 0.6) is 0 Å². The van der Waals surface area contributed by atoms with Crippen molar-refractivity contribution < 1.29 is 4.74 Å². The lowest BCUT2D eigenvalue weighted by atomic mass is 10.1. The molecule has 1 unspecified atom stereocenters. The maximum atomic E-state index is 5.28. The van der Waals surface area contributed by atoms with Crippen LogP contribution in [0.3, 0.4) is 0 Å². The third-order valence-electron chi connectivity index (χ3n) is 4.10. The third-order valence-corrected chi connectivity index (χ3v) is 4.59. The summed E-state index contributed by atoms with van der Waals surface area (Å²) in [6.45, 7) is 6.87. The minimum atomic E-state index is 0. The van der Waals surface area contributed by atoms with Gasteiger partial charge >= 0.3 is 0 Å². The van der Waals surface area contributed by atoms with Gasteiger partial charge in [-0.2, -0.15) is 0 Å². The van der Waals surface area contributed by atoms with Gasteiger partial charge in [0.2, 0.25) is 0 Å². The molecular formula is C18H29BrIN3O. The first-order valence-corrected chi connectivity index (χ1v) is 9.29. The largest absolute Gasteiger partial charge is 0.384 e. The van der Waals surface area contributed by atoms with Gasteiger partial charge in [-0.15, -0.1) is 24.0 Å². The topological polar surface area (TPSA) is 36.9 Å². The zero-order valence-corrected chi connectivity index (χ0v) is 18.5. The Morgan fingerprint density at radius 2 is 2.29 bits per heavy atom. The van der Waals surface area contributed by atoms with E-state index in [0.717, 1.165) is 56.1 Å². The van der Waals surface area contributed by atoms with Gasteiger partial charge < -0.3 is 15.0 Å². The van der Waals surface area contributed by atoms with Gasteiger partial charge in [-0.3, -0.25) is 4.99 Å². The number of hydrogen-bond acceptors (Lipinski definition) is 2. The second-order valence-corrected chi connectivity index (χ2v) is 6.94. The lowest BCUT2D eigenvalue weighted by molar-refractivity contribution is 0.157. The van der Waals surface area contributed by atoms with Crippen molar-refractivity contribution in [2.45, 2.75) is 26.2 Å². The Kier molecular flexibility index (Phi) is 10.9. The maximum Gasteiger partial charge on any atom is 0.193 e. The molecule has 1 fully saturated rings. The standard InChI is InChI=1S/C18H28BrN3O.HI/c1-3-20-18(22-11-9-16(13-22)14-23-2)21-10-5-7-15-6-4-8-17(19)12-15;/h4,6,8,12,16H,3,5,7,9-11,13-14H2,1-2H3,(H,20,21);1H. The van der Waals surface area contributed by atoms with E-state index in [4.69, 9.17) is 9.73 Å². The molecule has 0 radical (unpaired) electrons. The summed E-state index contributed by atoms with van der Waals surface area (Å²) < 4.78 is 6.43. The van der Waals surface area contributed by atoms with Gasteiger partial charge in [-0.05, 0) is 43.9 Å². The molecule has 0 amide bonds. The predicted molar refractivity (Wildman–Crippen MR) is 115 cm³/mol. The summed E-state index contributed by atoms with van der Waals surface area (Å²) in [6, 6.07) is 8.52. The zero-order valence-electron chi connectivity index (χ0n) is 14.6. The Morgan fingerprint density at radius 1 is 1.46 bits per heavy atom. The Hall–Kier alpha value is -0.340. The molecule has 0 spiro atoms. The van der Waals surface area contributed by atoms with Crippen molar-refractivity contribution in [2.24, 2.45) is 10.9 Å². The average Bonchev–Trinajstić information content (AvgIpc) is 2.99. The zero-order chi connectivity index (χ0) is 16.5. The second kappa shape index (κ2) is 12.1. The molecule has 1 saturated heterocycles. The van der Waals surface area contributed by atoms with E-state index in [1.165, 1.54) is 12.0 Å². The van der Waals surface area contributed by atoms with Crippen molar-refractivity contribution >= 4 is 45.9 Å². The molecule has 24 heavy (non-hydrogen) atoms. The fourth-order valence-corrected chi connectivity index (χ4v) is 3.43. The number of benzene rings is 1. The SMILES string of the molecule is CCNC(=NCCCc1cccc(Br)c1)N1CCC(COC)C1.I. The summed E-state index contributed by atoms with van der Waals surface area (Å²) >= 11 is 3.52. The number of ether oxygens (including phenoxy) is 1. The monoisotopic (exact) mass is 509 g/mol. The van der Waals surface area contributed by atoms with Crippen LogP contribution < -0.4 is 5.32 Å². The number of likely N-dealkylation sites (tertiary alicyclic amines) is 1. The molecule has 1 aliphatic rings. The van der Waals surface area contributed by atoms with E-state index in [1.807, 2.05) is 0 Å². The molecule has 0 aliphatic carbocycles. The Morgan fingerprint density at radius 3 is 3.00 bits per heavy atom. The van der Waals surface area contributed by atoms with Crippen LogP contribution in [-0.2, 0) is 11.2 Å². The van der Waals surface area contributed by atoms with Gasteiger partial charge in [0.25, 0.3) is 0 Å². The van der Waals surface area contributed by atoms with Crippen molar-refractivity contribution in [3.63, 3.8) is 0 Å². The number of rotatable bonds is 7. The van der Waals surface area contributed by atoms with E-state index >= 15 is 0 Å². The Labute approximate surface area is 171 Å². The van der Waals surface area contributed by atoms with E-state index < -0.39 is 0 Å². The van der Waals surface area contributed by atoms with Crippen LogP contribution >= 0.6 is 39.9 Å². The van der Waals surface area contributed by atoms with Crippen LogP contribution in [0.4, 0.5) is 0 Å². The number of nitrogens with zero attached hydrogens (tertiary/aromatic N) is 2. The van der Waals surface area contributed by atoms with E-state index in [1.54, 1.807) is 7.11 Å². The number of halogens is 2. The molecule has 1 atom stereocenters. The van der Waals surface area contributed by atoms with Crippen molar-refractivity contribution in [1.82, 2.24) is 10.2 Å². The lowest BCUT2D eigenvalue weighted by Gasteiger charge is -2.21. The molecule has 0 aromatic heterocycles. The summed E-state index contributed by atoms with van der Waals surface area (Å²) in [5, 5.41) is 3.42. The van der Waals surface area contributed by atoms with E-state index in [0.29, 0.717) is 5.92 Å². The summed E-state index contributed by atoms with van der Waals surface area (Å²) in [4.78, 5) is 7.17. The van der Waals surface area contributed by atoms with Crippen molar-refractivity contribution in [3.8, 4) is 0 Å². The van der Waals surface area contributed by atoms with Crippen molar-refractivity contribution in [2.75, 3.05) is 39.9 Å². The van der Waals surface area contributed by atoms with Gasteiger partial charge in [0, 0.05) is 43.7 Å². The van der Waals surface area contributed by atoms with E-state index in [9.17, 15) is 0 Å². The summed E-state index contributed by atoms with van der Waals surface area (Å²) in [7, 11) is 1.78. The van der Waals surface area contributed by atoms with Gasteiger partial charge in [0.05, 0.1) is 6.61 Å². The second-order valence-electron chi connectivity index (χ2n) is 6.03. The van der Waals surface area contributed by atoms with Gasteiger partial charge in [-0.1, -0.05) is 28.1 Å². The van der Waals surface area contributed by atoms with Gasteiger partial charge in [0.15, 0.2) is 5.96 Å². The van der Waals surface area contributed by atoms with Crippen molar-refractivity contribution in [1.29, 1.82) is 0 Å². The number of methoxy groups -OCH3 is 1. The van der Waals surface area contributed by atoms with Crippen molar-refractivity contribution in [3.05, 3.63) is 34.3 Å². The Balaban J connectivity index is 0.00000288. The van der Waals surface area contributed by atoms with Crippen LogP contribution in [-0.4, -0.2) is 50.8 Å². The summed E-state index contributed by atoms with van der Waals surface area (Å²) in [5.74, 6) is 1.69. The quantitative estimate of drug-likeness (QED) is 0.262. The first-order valence-electron chi connectivity index (χ1n) is 8.49. The number of hydrogen-bond donors (Lipinski definition) is 1. The normalized spacial score (nSPS) is 17.7. The summed E-state index contributed by atoms with van der Waals surface area (Å²) in [5.41, 5.74) is 1.36. The molecule has 136 valence electrons. The van der Waals surface area contributed by atoms with Crippen LogP contribution in [0, 0.1) is 5.92 Å². The molecular weight excluding hydrogens is 481 g/mol. The molecule has 4 nitrogen and oxygen atoms in total. The molecule has 1 aromatic carbocycles. The lowest BCUT2D eigenvalue weighted by Crippen LogP contribution is -2.40. The van der Waals surface area contributed by atoms with Gasteiger partial charge in [-0.25, -0.2) is 0 Å². The minimum Gasteiger partial charge on any atom is -0.384 e. The number of aliphatic imine (C=N–C) groups is 1. The third kappa shape index (κ3) is 7.27. The highest BCUT2D eigenvalue weighted by molar-refractivity contribution is 14.0. The minimum absolute atomic E-state index is 0. The first kappa shape index (κ1) is 21.7.